The van der Waals surface area contributed by atoms with Gasteiger partial charge in [-0.3, -0.25) is 0 Å². The fourth-order valence-corrected chi connectivity index (χ4v) is 20.5. The van der Waals surface area contributed by atoms with E-state index in [4.69, 9.17) is 9.47 Å². The molecular weight excluding hydrogens is 1110 g/mol. The molecule has 0 saturated carbocycles. The van der Waals surface area contributed by atoms with Crippen molar-refractivity contribution in [1.82, 2.24) is 0 Å². The molecule has 6 nitrogen and oxygen atoms in total. The van der Waals surface area contributed by atoms with Crippen LogP contribution in [0.3, 0.4) is 0 Å². The van der Waals surface area contributed by atoms with Crippen LogP contribution in [0, 0.1) is 0 Å². The quantitative estimate of drug-likeness (QED) is 0.141. The molecule has 0 saturated heterocycles. The van der Waals surface area contributed by atoms with Crippen molar-refractivity contribution in [2.75, 3.05) is 9.80 Å². The minimum Gasteiger partial charge on any atom is -0.456 e. The van der Waals surface area contributed by atoms with Crippen LogP contribution in [0.25, 0.3) is 0 Å². The van der Waals surface area contributed by atoms with Gasteiger partial charge in [0, 0.05) is 34.1 Å². The lowest BCUT2D eigenvalue weighted by Gasteiger charge is -2.50. The maximum absolute atomic E-state index is 16.2. The second-order valence-corrected chi connectivity index (χ2v) is 28.3. The summed E-state index contributed by atoms with van der Waals surface area (Å²) in [5.41, 5.74) is 12.4. The molecule has 4 aliphatic heterocycles. The number of nitrogens with zero attached hydrogens (tertiary/aromatic N) is 2. The molecule has 2 atom stereocenters. The Bertz CT molecular complexity index is 4610. The molecule has 0 spiro atoms. The van der Waals surface area contributed by atoms with Crippen molar-refractivity contribution in [2.24, 2.45) is 0 Å². The first-order chi connectivity index (χ1) is 43.4. The van der Waals surface area contributed by atoms with Crippen molar-refractivity contribution in [3.63, 3.8) is 0 Å². The van der Waals surface area contributed by atoms with E-state index >= 15 is 9.13 Å². The van der Waals surface area contributed by atoms with Crippen LogP contribution in [-0.4, -0.2) is 0 Å². The van der Waals surface area contributed by atoms with Crippen molar-refractivity contribution >= 4 is 80.2 Å². The number of ether oxygens (including phenoxy) is 2. The van der Waals surface area contributed by atoms with Gasteiger partial charge >= 0.3 is 0 Å². The summed E-state index contributed by atoms with van der Waals surface area (Å²) in [6.45, 7) is 0. The smallest absolute Gasteiger partial charge is 0.178 e. The van der Waals surface area contributed by atoms with Crippen LogP contribution in [0.4, 0.5) is 34.1 Å². The highest BCUT2D eigenvalue weighted by atomic mass is 31.2. The summed E-state index contributed by atoms with van der Waals surface area (Å²) in [4.78, 5) is 4.81. The van der Waals surface area contributed by atoms with E-state index in [1.54, 1.807) is 0 Å². The molecule has 0 aliphatic carbocycles. The van der Waals surface area contributed by atoms with Gasteiger partial charge in [-0.05, 0) is 117 Å². The van der Waals surface area contributed by atoms with E-state index in [2.05, 4.69) is 216 Å². The molecule has 8 heteroatoms. The second-order valence-electron chi connectivity index (χ2n) is 22.9. The highest BCUT2D eigenvalue weighted by Crippen LogP contribution is 2.65. The van der Waals surface area contributed by atoms with Crippen molar-refractivity contribution in [2.45, 2.75) is 10.8 Å². The van der Waals surface area contributed by atoms with E-state index < -0.39 is 25.1 Å². The van der Waals surface area contributed by atoms with Gasteiger partial charge in [-0.25, -0.2) is 0 Å². The maximum Gasteiger partial charge on any atom is 0.178 e. The third-order valence-corrected chi connectivity index (χ3v) is 24.7. The Morgan fingerprint density at radius 3 is 0.909 bits per heavy atom. The van der Waals surface area contributed by atoms with Crippen LogP contribution in [-0.2, 0) is 20.0 Å². The molecule has 13 aromatic rings. The number of fused-ring (bicyclic) bond motifs is 8. The van der Waals surface area contributed by atoms with Crippen molar-refractivity contribution in [3.05, 3.63) is 372 Å². The summed E-state index contributed by atoms with van der Waals surface area (Å²) >= 11 is 0. The lowest BCUT2D eigenvalue weighted by atomic mass is 9.59. The van der Waals surface area contributed by atoms with Crippen LogP contribution < -0.4 is 51.1 Å². The molecule has 88 heavy (non-hydrogen) atoms. The summed E-state index contributed by atoms with van der Waals surface area (Å²) in [5, 5.41) is 4.16. The molecule has 0 N–H and O–H groups in total. The fraction of sp³-hybridized carbons (Fsp3) is 0.0250. The predicted octanol–water partition coefficient (Wildman–Crippen LogP) is 17.5. The van der Waals surface area contributed by atoms with Gasteiger partial charge in [0.15, 0.2) is 14.3 Å². The number of hydrogen-bond donors (Lipinski definition) is 0. The van der Waals surface area contributed by atoms with Gasteiger partial charge in [0.25, 0.3) is 0 Å². The van der Waals surface area contributed by atoms with Crippen LogP contribution in [0.5, 0.6) is 23.0 Å². The number of rotatable bonds is 8. The predicted molar refractivity (Wildman–Crippen MR) is 358 cm³/mol. The minimum atomic E-state index is -3.43. The molecular formula is C80H54N2O4P2. The van der Waals surface area contributed by atoms with Crippen molar-refractivity contribution in [3.8, 4) is 23.0 Å². The maximum atomic E-state index is 16.2. The molecule has 418 valence electrons. The molecule has 4 heterocycles. The van der Waals surface area contributed by atoms with Crippen molar-refractivity contribution < 1.29 is 18.6 Å². The first-order valence-corrected chi connectivity index (χ1v) is 33.2. The number of hydrogen-bond acceptors (Lipinski definition) is 6. The molecule has 4 aliphatic rings. The van der Waals surface area contributed by atoms with Gasteiger partial charge < -0.3 is 28.4 Å². The SMILES string of the molecule is O=P1(c2ccccc2)c2ccccc2Oc2cc(N3c4ccccc4C(c4ccccc4)(c4ccccc4)c4cc5c(cc43)C(c3ccccc3)(c3ccccc3)c3ccccc3N5c3ccc4c(c3)Oc3ccccc3P4(=O)c3ccccc3)ccc21. The highest BCUT2D eigenvalue weighted by Gasteiger charge is 2.53. The fourth-order valence-electron chi connectivity index (χ4n) is 14.9. The summed E-state index contributed by atoms with van der Waals surface area (Å²) in [6, 6.07) is 114. The first-order valence-electron chi connectivity index (χ1n) is 29.8. The van der Waals surface area contributed by atoms with E-state index in [9.17, 15) is 0 Å². The van der Waals surface area contributed by atoms with Gasteiger partial charge in [-0.1, -0.05) is 243 Å². The zero-order chi connectivity index (χ0) is 58.6. The number of anilines is 6. The van der Waals surface area contributed by atoms with Crippen molar-refractivity contribution in [1.29, 1.82) is 0 Å². The Balaban J connectivity index is 1.00. The largest absolute Gasteiger partial charge is 0.456 e. The lowest BCUT2D eigenvalue weighted by molar-refractivity contribution is 0.485. The minimum absolute atomic E-state index is 0.542. The Morgan fingerprint density at radius 2 is 0.545 bits per heavy atom. The van der Waals surface area contributed by atoms with Gasteiger partial charge in [0.05, 0.1) is 54.8 Å². The summed E-state index contributed by atoms with van der Waals surface area (Å²) in [7, 11) is -6.86. The van der Waals surface area contributed by atoms with E-state index in [1.807, 2.05) is 121 Å². The molecule has 2 unspecified atom stereocenters. The molecule has 0 amide bonds. The van der Waals surface area contributed by atoms with Gasteiger partial charge in [0.1, 0.15) is 23.0 Å². The average Bonchev–Trinajstić information content (AvgIpc) is 0.789. The Labute approximate surface area is 511 Å². The van der Waals surface area contributed by atoms with Crippen LogP contribution >= 0.6 is 14.3 Å². The third kappa shape index (κ3) is 7.31. The van der Waals surface area contributed by atoms with E-state index in [1.165, 1.54) is 0 Å². The van der Waals surface area contributed by atoms with Crippen LogP contribution in [0.2, 0.25) is 0 Å². The van der Waals surface area contributed by atoms with E-state index in [0.717, 1.165) is 89.2 Å². The van der Waals surface area contributed by atoms with Crippen LogP contribution in [0.15, 0.2) is 328 Å². The molecule has 0 aromatic heterocycles. The lowest BCUT2D eigenvalue weighted by Crippen LogP contribution is -2.41. The molecule has 0 fully saturated rings. The normalized spacial score (nSPS) is 17.6. The average molecular weight is 1170 g/mol. The molecule has 0 bridgehead atoms. The Kier molecular flexibility index (Phi) is 11.8. The number of benzene rings is 13. The van der Waals surface area contributed by atoms with Crippen LogP contribution in [0.1, 0.15) is 44.5 Å². The monoisotopic (exact) mass is 1170 g/mol. The highest BCUT2D eigenvalue weighted by molar-refractivity contribution is 7.86. The molecule has 13 aromatic carbocycles. The second kappa shape index (κ2) is 20.1. The van der Waals surface area contributed by atoms with E-state index in [-0.39, 0.29) is 0 Å². The zero-order valence-corrected chi connectivity index (χ0v) is 49.4. The van der Waals surface area contributed by atoms with E-state index in [0.29, 0.717) is 44.2 Å². The third-order valence-electron chi connectivity index (χ3n) is 18.5. The van der Waals surface area contributed by atoms with Gasteiger partial charge in [-0.15, -0.1) is 0 Å². The summed E-state index contributed by atoms with van der Waals surface area (Å²) in [5.74, 6) is 2.24. The molecule has 17 rings (SSSR count). The Hall–Kier alpha value is -10.5. The standard InChI is InChI=1S/C80H54N2O4P2/c83-87(61-35-15-5-16-36-61)75-45-25-23-43-71(75)85-73-51-59(47-49-77(73)87)81-67-41-21-19-39-63(67)79(55-27-7-1-8-28-55,56-29-9-2-10-30-56)65-53-70-66(54-69(65)81)80(57-31-11-3-12-32-57,58-33-13-4-14-34-58)64-40-20-22-42-68(64)82(70)60-48-50-78-74(52-60)86-72-44-24-26-46-76(72)88(78,84)62-37-17-6-18-38-62/h1-54H. The first kappa shape index (κ1) is 51.9. The van der Waals surface area contributed by atoms with Gasteiger partial charge in [-0.2, -0.15) is 0 Å². The zero-order valence-electron chi connectivity index (χ0n) is 47.6. The Morgan fingerprint density at radius 1 is 0.250 bits per heavy atom. The van der Waals surface area contributed by atoms with Gasteiger partial charge in [0.2, 0.25) is 0 Å². The number of para-hydroxylation sites is 4. The topological polar surface area (TPSA) is 59.1 Å². The summed E-state index contributed by atoms with van der Waals surface area (Å²) in [6.07, 6.45) is 0. The summed E-state index contributed by atoms with van der Waals surface area (Å²) < 4.78 is 46.4. The molecule has 0 radical (unpaired) electrons.